The highest BCUT2D eigenvalue weighted by Gasteiger charge is 2.19. The second kappa shape index (κ2) is 7.85. The molecule has 1 saturated heterocycles. The van der Waals surface area contributed by atoms with Crippen LogP contribution in [0.4, 0.5) is 4.39 Å². The van der Waals surface area contributed by atoms with Crippen LogP contribution in [0.25, 0.3) is 0 Å². The summed E-state index contributed by atoms with van der Waals surface area (Å²) in [6, 6.07) is 8.94. The predicted octanol–water partition coefficient (Wildman–Crippen LogP) is 1.62. The maximum atomic E-state index is 12.9. The van der Waals surface area contributed by atoms with Gasteiger partial charge in [-0.05, 0) is 29.8 Å². The van der Waals surface area contributed by atoms with Crippen LogP contribution in [0.5, 0.6) is 0 Å². The van der Waals surface area contributed by atoms with Crippen molar-refractivity contribution >= 4 is 11.8 Å². The summed E-state index contributed by atoms with van der Waals surface area (Å²) in [4.78, 5) is 30.4. The number of morpholine rings is 1. The number of ether oxygens (including phenoxy) is 1. The summed E-state index contributed by atoms with van der Waals surface area (Å²) in [6.07, 6.45) is 1.44. The smallest absolute Gasteiger partial charge is 0.270 e. The minimum atomic E-state index is -0.388. The summed E-state index contributed by atoms with van der Waals surface area (Å²) in [6.45, 7) is 2.35. The number of nitrogens with one attached hydrogen (secondary N) is 1. The van der Waals surface area contributed by atoms with Crippen LogP contribution < -0.4 is 5.32 Å². The van der Waals surface area contributed by atoms with Crippen molar-refractivity contribution in [3.8, 4) is 0 Å². The van der Waals surface area contributed by atoms with Gasteiger partial charge in [0.15, 0.2) is 0 Å². The number of amides is 2. The van der Waals surface area contributed by atoms with Crippen molar-refractivity contribution in [3.63, 3.8) is 0 Å². The molecule has 1 N–H and O–H groups in total. The molecular weight excluding hydrogens is 325 g/mol. The van der Waals surface area contributed by atoms with Gasteiger partial charge in [-0.1, -0.05) is 12.1 Å². The largest absolute Gasteiger partial charge is 0.378 e. The van der Waals surface area contributed by atoms with Gasteiger partial charge >= 0.3 is 0 Å². The third-order valence-corrected chi connectivity index (χ3v) is 3.90. The Morgan fingerprint density at radius 3 is 2.60 bits per heavy atom. The molecule has 7 heteroatoms. The van der Waals surface area contributed by atoms with E-state index in [4.69, 9.17) is 4.74 Å². The molecule has 2 aromatic rings. The molecule has 1 aromatic carbocycles. The quantitative estimate of drug-likeness (QED) is 0.916. The van der Waals surface area contributed by atoms with E-state index in [0.717, 1.165) is 5.56 Å². The SMILES string of the molecule is O=C(NCc1ccc(F)cc1)c1cc(C(=O)N2CCOCC2)ccn1. The molecule has 3 rings (SSSR count). The molecule has 0 spiro atoms. The van der Waals surface area contributed by atoms with Crippen molar-refractivity contribution in [3.05, 3.63) is 65.2 Å². The van der Waals surface area contributed by atoms with Crippen LogP contribution in [0.15, 0.2) is 42.6 Å². The summed E-state index contributed by atoms with van der Waals surface area (Å²) in [5, 5.41) is 2.71. The number of hydrogen-bond donors (Lipinski definition) is 1. The van der Waals surface area contributed by atoms with Crippen molar-refractivity contribution in [2.45, 2.75) is 6.54 Å². The van der Waals surface area contributed by atoms with Gasteiger partial charge in [-0.2, -0.15) is 0 Å². The van der Waals surface area contributed by atoms with Crippen LogP contribution in [0, 0.1) is 5.82 Å². The van der Waals surface area contributed by atoms with Gasteiger partial charge in [-0.15, -0.1) is 0 Å². The molecule has 0 unspecified atom stereocenters. The van der Waals surface area contributed by atoms with E-state index in [1.165, 1.54) is 24.4 Å². The zero-order chi connectivity index (χ0) is 17.6. The van der Waals surface area contributed by atoms with E-state index in [1.54, 1.807) is 23.1 Å². The number of aromatic nitrogens is 1. The Kier molecular flexibility index (Phi) is 5.35. The van der Waals surface area contributed by atoms with E-state index in [2.05, 4.69) is 10.3 Å². The van der Waals surface area contributed by atoms with Gasteiger partial charge in [0, 0.05) is 31.4 Å². The number of rotatable bonds is 4. The highest BCUT2D eigenvalue weighted by atomic mass is 19.1. The van der Waals surface area contributed by atoms with Crippen LogP contribution in [0.3, 0.4) is 0 Å². The Labute approximate surface area is 144 Å². The number of benzene rings is 1. The zero-order valence-corrected chi connectivity index (χ0v) is 13.6. The number of carbonyl (C=O) groups excluding carboxylic acids is 2. The lowest BCUT2D eigenvalue weighted by Crippen LogP contribution is -2.40. The van der Waals surface area contributed by atoms with E-state index in [1.807, 2.05) is 0 Å². The van der Waals surface area contributed by atoms with E-state index in [-0.39, 0.29) is 29.9 Å². The third kappa shape index (κ3) is 4.39. The highest BCUT2D eigenvalue weighted by molar-refractivity contribution is 5.98. The Bertz CT molecular complexity index is 758. The molecule has 1 fully saturated rings. The molecule has 1 aromatic heterocycles. The summed E-state index contributed by atoms with van der Waals surface area (Å²) < 4.78 is 18.1. The van der Waals surface area contributed by atoms with Gasteiger partial charge < -0.3 is 15.0 Å². The first kappa shape index (κ1) is 17.0. The number of hydrogen-bond acceptors (Lipinski definition) is 4. The molecule has 0 atom stereocenters. The lowest BCUT2D eigenvalue weighted by atomic mass is 10.1. The Hall–Kier alpha value is -2.80. The lowest BCUT2D eigenvalue weighted by molar-refractivity contribution is 0.0303. The standard InChI is InChI=1S/C18H18FN3O3/c19-15-3-1-13(2-4-15)12-21-17(23)16-11-14(5-6-20-16)18(24)22-7-9-25-10-8-22/h1-6,11H,7-10,12H2,(H,21,23). The van der Waals surface area contributed by atoms with Crippen LogP contribution >= 0.6 is 0 Å². The van der Waals surface area contributed by atoms with Crippen LogP contribution in [-0.4, -0.2) is 48.0 Å². The number of pyridine rings is 1. The summed E-state index contributed by atoms with van der Waals surface area (Å²) >= 11 is 0. The maximum absolute atomic E-state index is 12.9. The molecule has 2 heterocycles. The first-order valence-electron chi connectivity index (χ1n) is 7.99. The lowest BCUT2D eigenvalue weighted by Gasteiger charge is -2.26. The molecule has 6 nitrogen and oxygen atoms in total. The van der Waals surface area contributed by atoms with Crippen molar-refractivity contribution in [2.24, 2.45) is 0 Å². The van der Waals surface area contributed by atoms with E-state index >= 15 is 0 Å². The topological polar surface area (TPSA) is 71.5 Å². The Morgan fingerprint density at radius 2 is 1.88 bits per heavy atom. The molecular formula is C18H18FN3O3. The molecule has 0 radical (unpaired) electrons. The van der Waals surface area contributed by atoms with E-state index in [0.29, 0.717) is 31.9 Å². The fraction of sp³-hybridized carbons (Fsp3) is 0.278. The van der Waals surface area contributed by atoms with Crippen molar-refractivity contribution in [1.29, 1.82) is 0 Å². The monoisotopic (exact) mass is 343 g/mol. The van der Waals surface area contributed by atoms with Crippen molar-refractivity contribution in [1.82, 2.24) is 15.2 Å². The number of carbonyl (C=O) groups is 2. The molecule has 1 aliphatic heterocycles. The minimum absolute atomic E-state index is 0.140. The van der Waals surface area contributed by atoms with Crippen LogP contribution in [0.1, 0.15) is 26.4 Å². The summed E-state index contributed by atoms with van der Waals surface area (Å²) in [5.74, 6) is -0.856. The predicted molar refractivity (Wildman–Crippen MR) is 88.5 cm³/mol. The average Bonchev–Trinajstić information content (AvgIpc) is 2.67. The Balaban J connectivity index is 1.64. The molecule has 2 amide bonds. The minimum Gasteiger partial charge on any atom is -0.378 e. The Morgan fingerprint density at radius 1 is 1.16 bits per heavy atom. The van der Waals surface area contributed by atoms with Gasteiger partial charge in [-0.3, -0.25) is 14.6 Å². The van der Waals surface area contributed by atoms with Gasteiger partial charge in [-0.25, -0.2) is 4.39 Å². The third-order valence-electron chi connectivity index (χ3n) is 3.90. The fourth-order valence-corrected chi connectivity index (χ4v) is 2.51. The van der Waals surface area contributed by atoms with Gasteiger partial charge in [0.2, 0.25) is 0 Å². The fourth-order valence-electron chi connectivity index (χ4n) is 2.51. The van der Waals surface area contributed by atoms with Crippen molar-refractivity contribution in [2.75, 3.05) is 26.3 Å². The number of halogens is 1. The molecule has 0 bridgehead atoms. The van der Waals surface area contributed by atoms with Gasteiger partial charge in [0.25, 0.3) is 11.8 Å². The molecule has 0 aliphatic carbocycles. The molecule has 25 heavy (non-hydrogen) atoms. The highest BCUT2D eigenvalue weighted by Crippen LogP contribution is 2.09. The second-order valence-corrected chi connectivity index (χ2v) is 5.64. The van der Waals surface area contributed by atoms with E-state index < -0.39 is 0 Å². The summed E-state index contributed by atoms with van der Waals surface area (Å²) in [7, 11) is 0. The van der Waals surface area contributed by atoms with Gasteiger partial charge in [0.1, 0.15) is 11.5 Å². The number of nitrogens with zero attached hydrogens (tertiary/aromatic N) is 2. The van der Waals surface area contributed by atoms with E-state index in [9.17, 15) is 14.0 Å². The second-order valence-electron chi connectivity index (χ2n) is 5.64. The normalized spacial score (nSPS) is 14.2. The average molecular weight is 343 g/mol. The van der Waals surface area contributed by atoms with Crippen LogP contribution in [-0.2, 0) is 11.3 Å². The molecule has 0 saturated carbocycles. The maximum Gasteiger partial charge on any atom is 0.270 e. The first-order valence-corrected chi connectivity index (χ1v) is 7.99. The first-order chi connectivity index (χ1) is 12.1. The van der Waals surface area contributed by atoms with Crippen molar-refractivity contribution < 1.29 is 18.7 Å². The van der Waals surface area contributed by atoms with Crippen LogP contribution in [0.2, 0.25) is 0 Å². The summed E-state index contributed by atoms with van der Waals surface area (Å²) in [5.41, 5.74) is 1.36. The zero-order valence-electron chi connectivity index (χ0n) is 13.6. The van der Waals surface area contributed by atoms with Gasteiger partial charge in [0.05, 0.1) is 13.2 Å². The molecule has 130 valence electrons. The molecule has 1 aliphatic rings.